The number of nitrogens with one attached hydrogen (secondary N) is 1. The van der Waals surface area contributed by atoms with Gasteiger partial charge in [0.05, 0.1) is 0 Å². The van der Waals surface area contributed by atoms with Gasteiger partial charge in [-0.2, -0.15) is 0 Å². The van der Waals surface area contributed by atoms with E-state index in [2.05, 4.69) is 73.8 Å². The second-order valence-corrected chi connectivity index (χ2v) is 4.29. The van der Waals surface area contributed by atoms with E-state index in [-0.39, 0.29) is 0 Å². The molecule has 17 heavy (non-hydrogen) atoms. The summed E-state index contributed by atoms with van der Waals surface area (Å²) >= 11 is 0. The van der Waals surface area contributed by atoms with E-state index in [0.717, 1.165) is 6.42 Å². The zero-order valence-corrected chi connectivity index (χ0v) is 10.5. The molecule has 0 radical (unpaired) electrons. The molecule has 0 fully saturated rings. The summed E-state index contributed by atoms with van der Waals surface area (Å²) in [7, 11) is 0. The molecule has 0 spiro atoms. The molecule has 2 aromatic rings. The molecule has 0 aromatic heterocycles. The molecule has 88 valence electrons. The van der Waals surface area contributed by atoms with E-state index in [4.69, 9.17) is 0 Å². The van der Waals surface area contributed by atoms with Crippen molar-refractivity contribution in [2.75, 3.05) is 5.32 Å². The van der Waals surface area contributed by atoms with Crippen LogP contribution >= 0.6 is 0 Å². The molecule has 0 aliphatic rings. The maximum atomic E-state index is 3.58. The molecule has 1 atom stereocenters. The van der Waals surface area contributed by atoms with Crippen LogP contribution in [0.5, 0.6) is 0 Å². The van der Waals surface area contributed by atoms with Crippen molar-refractivity contribution in [3.05, 3.63) is 65.7 Å². The van der Waals surface area contributed by atoms with E-state index in [1.165, 1.54) is 16.8 Å². The Labute approximate surface area is 103 Å². The van der Waals surface area contributed by atoms with Crippen LogP contribution < -0.4 is 5.32 Å². The summed E-state index contributed by atoms with van der Waals surface area (Å²) in [6.07, 6.45) is 1.06. The molecular formula is C16H19N. The number of benzene rings is 2. The van der Waals surface area contributed by atoms with Gasteiger partial charge in [0.1, 0.15) is 0 Å². The minimum Gasteiger partial charge on any atom is -0.378 e. The summed E-state index contributed by atoms with van der Waals surface area (Å²) in [6, 6.07) is 19.4. The minimum absolute atomic E-state index is 0.337. The highest BCUT2D eigenvalue weighted by Gasteiger charge is 2.06. The summed E-state index contributed by atoms with van der Waals surface area (Å²) < 4.78 is 0. The third kappa shape index (κ3) is 2.88. The van der Waals surface area contributed by atoms with Gasteiger partial charge >= 0.3 is 0 Å². The second kappa shape index (κ2) is 5.53. The number of anilines is 1. The predicted molar refractivity (Wildman–Crippen MR) is 74.3 cm³/mol. The Hall–Kier alpha value is -1.76. The van der Waals surface area contributed by atoms with Crippen molar-refractivity contribution in [3.63, 3.8) is 0 Å². The second-order valence-electron chi connectivity index (χ2n) is 4.29. The Morgan fingerprint density at radius 1 is 0.941 bits per heavy atom. The van der Waals surface area contributed by atoms with E-state index in [1.54, 1.807) is 0 Å². The quantitative estimate of drug-likeness (QED) is 0.812. The average molecular weight is 225 g/mol. The van der Waals surface area contributed by atoms with Gasteiger partial charge in [-0.05, 0) is 30.5 Å². The predicted octanol–water partition coefficient (Wildman–Crippen LogP) is 4.42. The van der Waals surface area contributed by atoms with Crippen LogP contribution in [0.3, 0.4) is 0 Å². The fourth-order valence-corrected chi connectivity index (χ4v) is 2.03. The van der Waals surface area contributed by atoms with Crippen molar-refractivity contribution in [2.24, 2.45) is 0 Å². The molecule has 0 heterocycles. The van der Waals surface area contributed by atoms with Gasteiger partial charge in [-0.15, -0.1) is 0 Å². The molecule has 0 aliphatic carbocycles. The first-order valence-electron chi connectivity index (χ1n) is 6.20. The van der Waals surface area contributed by atoms with Crippen molar-refractivity contribution in [1.29, 1.82) is 0 Å². The highest BCUT2D eigenvalue weighted by atomic mass is 14.9. The smallest absolute Gasteiger partial charge is 0.0485 e. The lowest BCUT2D eigenvalue weighted by Crippen LogP contribution is -2.07. The summed E-state index contributed by atoms with van der Waals surface area (Å²) in [4.78, 5) is 0. The highest BCUT2D eigenvalue weighted by Crippen LogP contribution is 2.22. The molecule has 0 amide bonds. The lowest BCUT2D eigenvalue weighted by molar-refractivity contribution is 0.879. The molecular weight excluding hydrogens is 206 g/mol. The van der Waals surface area contributed by atoms with Gasteiger partial charge in [0, 0.05) is 11.7 Å². The van der Waals surface area contributed by atoms with Crippen LogP contribution in [0.4, 0.5) is 5.69 Å². The number of hydrogen-bond donors (Lipinski definition) is 1. The molecule has 1 nitrogen and oxygen atoms in total. The van der Waals surface area contributed by atoms with Crippen LogP contribution in [0.2, 0.25) is 0 Å². The normalized spacial score (nSPS) is 12.1. The first-order chi connectivity index (χ1) is 8.31. The Kier molecular flexibility index (Phi) is 3.81. The van der Waals surface area contributed by atoms with Crippen molar-refractivity contribution < 1.29 is 0 Å². The Bertz CT molecular complexity index is 462. The maximum Gasteiger partial charge on any atom is 0.0485 e. The minimum atomic E-state index is 0.337. The standard InChI is InChI=1S/C16H19N/c1-3-14-9-7-8-12-16(14)17-13(2)15-10-5-4-6-11-15/h4-13,17H,3H2,1-2H3. The Morgan fingerprint density at radius 3 is 2.29 bits per heavy atom. The van der Waals surface area contributed by atoms with Gasteiger partial charge in [0.25, 0.3) is 0 Å². The molecule has 2 rings (SSSR count). The fraction of sp³-hybridized carbons (Fsp3) is 0.250. The zero-order chi connectivity index (χ0) is 12.1. The highest BCUT2D eigenvalue weighted by molar-refractivity contribution is 5.52. The van der Waals surface area contributed by atoms with Gasteiger partial charge in [-0.25, -0.2) is 0 Å². The Balaban J connectivity index is 2.16. The first kappa shape index (κ1) is 11.7. The zero-order valence-electron chi connectivity index (χ0n) is 10.5. The van der Waals surface area contributed by atoms with E-state index in [1.807, 2.05) is 0 Å². The monoisotopic (exact) mass is 225 g/mol. The van der Waals surface area contributed by atoms with E-state index >= 15 is 0 Å². The number of hydrogen-bond acceptors (Lipinski definition) is 1. The van der Waals surface area contributed by atoms with Crippen LogP contribution in [-0.4, -0.2) is 0 Å². The molecule has 1 N–H and O–H groups in total. The third-order valence-corrected chi connectivity index (χ3v) is 3.07. The van der Waals surface area contributed by atoms with Crippen LogP contribution in [0, 0.1) is 0 Å². The van der Waals surface area contributed by atoms with Gasteiger partial charge < -0.3 is 5.32 Å². The fourth-order valence-electron chi connectivity index (χ4n) is 2.03. The maximum absolute atomic E-state index is 3.58. The molecule has 0 aliphatic heterocycles. The van der Waals surface area contributed by atoms with Crippen molar-refractivity contribution >= 4 is 5.69 Å². The lowest BCUT2D eigenvalue weighted by atomic mass is 10.1. The number of para-hydroxylation sites is 1. The van der Waals surface area contributed by atoms with Gasteiger partial charge in [-0.1, -0.05) is 55.5 Å². The summed E-state index contributed by atoms with van der Waals surface area (Å²) in [6.45, 7) is 4.38. The SMILES string of the molecule is CCc1ccccc1NC(C)c1ccccc1. The Morgan fingerprint density at radius 2 is 1.59 bits per heavy atom. The van der Waals surface area contributed by atoms with Gasteiger partial charge in [0.2, 0.25) is 0 Å². The van der Waals surface area contributed by atoms with Crippen molar-refractivity contribution in [1.82, 2.24) is 0 Å². The molecule has 2 aromatic carbocycles. The third-order valence-electron chi connectivity index (χ3n) is 3.07. The number of rotatable bonds is 4. The average Bonchev–Trinajstić information content (AvgIpc) is 2.40. The summed E-state index contributed by atoms with van der Waals surface area (Å²) in [5.74, 6) is 0. The molecule has 0 bridgehead atoms. The topological polar surface area (TPSA) is 12.0 Å². The van der Waals surface area contributed by atoms with E-state index < -0.39 is 0 Å². The summed E-state index contributed by atoms with van der Waals surface area (Å²) in [5, 5.41) is 3.58. The van der Waals surface area contributed by atoms with Crippen molar-refractivity contribution in [2.45, 2.75) is 26.3 Å². The molecule has 0 saturated carbocycles. The number of aryl methyl sites for hydroxylation is 1. The van der Waals surface area contributed by atoms with Crippen LogP contribution in [0.15, 0.2) is 54.6 Å². The molecule has 0 saturated heterocycles. The van der Waals surface area contributed by atoms with Crippen LogP contribution in [0.1, 0.15) is 31.0 Å². The van der Waals surface area contributed by atoms with Crippen LogP contribution in [-0.2, 0) is 6.42 Å². The van der Waals surface area contributed by atoms with Crippen molar-refractivity contribution in [3.8, 4) is 0 Å². The molecule has 1 unspecified atom stereocenters. The van der Waals surface area contributed by atoms with E-state index in [9.17, 15) is 0 Å². The van der Waals surface area contributed by atoms with Gasteiger partial charge in [0.15, 0.2) is 0 Å². The first-order valence-corrected chi connectivity index (χ1v) is 6.20. The summed E-state index contributed by atoms with van der Waals surface area (Å²) in [5.41, 5.74) is 3.93. The molecule has 1 heteroatoms. The van der Waals surface area contributed by atoms with E-state index in [0.29, 0.717) is 6.04 Å². The largest absolute Gasteiger partial charge is 0.378 e. The van der Waals surface area contributed by atoms with Crippen LogP contribution in [0.25, 0.3) is 0 Å². The van der Waals surface area contributed by atoms with Gasteiger partial charge in [-0.3, -0.25) is 0 Å². The lowest BCUT2D eigenvalue weighted by Gasteiger charge is -2.18.